The third-order valence-electron chi connectivity index (χ3n) is 3.82. The van der Waals surface area contributed by atoms with E-state index in [-0.39, 0.29) is 28.1 Å². The zero-order valence-corrected chi connectivity index (χ0v) is 16.5. The van der Waals surface area contributed by atoms with Gasteiger partial charge in [-0.05, 0) is 47.2 Å². The van der Waals surface area contributed by atoms with Crippen LogP contribution in [0.3, 0.4) is 0 Å². The first-order chi connectivity index (χ1) is 12.9. The Hall–Kier alpha value is -2.65. The number of methoxy groups -OCH3 is 1. The van der Waals surface area contributed by atoms with Gasteiger partial charge >= 0.3 is 5.69 Å². The number of halogens is 1. The summed E-state index contributed by atoms with van der Waals surface area (Å²) in [5.41, 5.74) is 1.05. The first-order valence-electron chi connectivity index (χ1n) is 7.71. The van der Waals surface area contributed by atoms with Gasteiger partial charge in [0.05, 0.1) is 23.5 Å². The Labute approximate surface area is 167 Å². The minimum absolute atomic E-state index is 0.125. The van der Waals surface area contributed by atoms with E-state index in [9.17, 15) is 19.7 Å². The number of amides is 2. The Morgan fingerprint density at radius 1 is 1.22 bits per heavy atom. The van der Waals surface area contributed by atoms with E-state index in [4.69, 9.17) is 4.74 Å². The van der Waals surface area contributed by atoms with Gasteiger partial charge in [0.1, 0.15) is 0 Å². The van der Waals surface area contributed by atoms with Crippen LogP contribution in [0.5, 0.6) is 5.75 Å². The van der Waals surface area contributed by atoms with E-state index in [2.05, 4.69) is 15.9 Å². The Morgan fingerprint density at radius 2 is 1.93 bits per heavy atom. The molecule has 0 saturated carbocycles. The highest BCUT2D eigenvalue weighted by molar-refractivity contribution is 9.10. The number of benzene rings is 2. The molecule has 3 rings (SSSR count). The van der Waals surface area contributed by atoms with Gasteiger partial charge in [0, 0.05) is 10.5 Å². The topological polar surface area (TPSA) is 89.8 Å². The number of thioether (sulfide) groups is 1. The lowest BCUT2D eigenvalue weighted by molar-refractivity contribution is -0.385. The molecule has 0 aliphatic carbocycles. The van der Waals surface area contributed by atoms with Crippen LogP contribution < -0.4 is 4.74 Å². The molecule has 1 aliphatic rings. The average molecular weight is 449 g/mol. The molecule has 0 N–H and O–H groups in total. The van der Waals surface area contributed by atoms with Gasteiger partial charge in [-0.25, -0.2) is 0 Å². The van der Waals surface area contributed by atoms with Gasteiger partial charge in [-0.1, -0.05) is 34.1 Å². The molecular formula is C18H13BrN2O5S. The van der Waals surface area contributed by atoms with E-state index >= 15 is 0 Å². The molecule has 2 amide bonds. The summed E-state index contributed by atoms with van der Waals surface area (Å²) in [6, 6.07) is 11.7. The lowest BCUT2D eigenvalue weighted by atomic mass is 10.1. The monoisotopic (exact) mass is 448 g/mol. The van der Waals surface area contributed by atoms with Crippen LogP contribution >= 0.6 is 27.7 Å². The molecule has 1 aliphatic heterocycles. The van der Waals surface area contributed by atoms with E-state index in [1.54, 1.807) is 6.07 Å². The molecule has 7 nitrogen and oxygen atoms in total. The normalized spacial score (nSPS) is 15.5. The molecule has 0 bridgehead atoms. The van der Waals surface area contributed by atoms with Crippen molar-refractivity contribution < 1.29 is 19.2 Å². The second-order valence-corrected chi connectivity index (χ2v) is 7.49. The van der Waals surface area contributed by atoms with Gasteiger partial charge < -0.3 is 4.74 Å². The highest BCUT2D eigenvalue weighted by Crippen LogP contribution is 2.35. The van der Waals surface area contributed by atoms with E-state index in [0.717, 1.165) is 26.7 Å². The molecule has 27 heavy (non-hydrogen) atoms. The maximum atomic E-state index is 12.6. The van der Waals surface area contributed by atoms with E-state index in [0.29, 0.717) is 5.56 Å². The summed E-state index contributed by atoms with van der Waals surface area (Å²) < 4.78 is 5.87. The van der Waals surface area contributed by atoms with E-state index < -0.39 is 10.8 Å². The number of carbonyl (C=O) groups excluding carboxylic acids is 2. The summed E-state index contributed by atoms with van der Waals surface area (Å²) in [6.07, 6.45) is 1.47. The molecule has 0 atom stereocenters. The van der Waals surface area contributed by atoms with Crippen molar-refractivity contribution in [1.29, 1.82) is 0 Å². The van der Waals surface area contributed by atoms with Crippen LogP contribution in [0.2, 0.25) is 0 Å². The SMILES string of the molecule is COc1ccc(/C=C2/SC(=O)N(Cc3ccc(Br)cc3)C2=O)cc1[N+](=O)[O-]. The van der Waals surface area contributed by atoms with Gasteiger partial charge in [-0.3, -0.25) is 24.6 Å². The Kier molecular flexibility index (Phi) is 5.62. The predicted octanol–water partition coefficient (Wildman–Crippen LogP) is 4.60. The van der Waals surface area contributed by atoms with Crippen molar-refractivity contribution in [3.05, 3.63) is 73.1 Å². The fraction of sp³-hybridized carbons (Fsp3) is 0.111. The summed E-state index contributed by atoms with van der Waals surface area (Å²) in [5.74, 6) is -0.299. The van der Waals surface area contributed by atoms with Crippen molar-refractivity contribution in [3.8, 4) is 5.75 Å². The first-order valence-corrected chi connectivity index (χ1v) is 9.32. The third kappa shape index (κ3) is 4.20. The van der Waals surface area contributed by atoms with Crippen molar-refractivity contribution in [2.45, 2.75) is 6.54 Å². The lowest BCUT2D eigenvalue weighted by Gasteiger charge is -2.12. The smallest absolute Gasteiger partial charge is 0.311 e. The molecule has 9 heteroatoms. The second kappa shape index (κ2) is 7.93. The highest BCUT2D eigenvalue weighted by Gasteiger charge is 2.35. The van der Waals surface area contributed by atoms with Gasteiger partial charge in [0.15, 0.2) is 5.75 Å². The molecule has 0 spiro atoms. The number of hydrogen-bond acceptors (Lipinski definition) is 6. The average Bonchev–Trinajstić information content (AvgIpc) is 2.90. The van der Waals surface area contributed by atoms with E-state index in [1.165, 1.54) is 25.3 Å². The van der Waals surface area contributed by atoms with Gasteiger partial charge in [-0.15, -0.1) is 0 Å². The van der Waals surface area contributed by atoms with Crippen molar-refractivity contribution in [1.82, 2.24) is 4.90 Å². The minimum Gasteiger partial charge on any atom is -0.490 e. The summed E-state index contributed by atoms with van der Waals surface area (Å²) >= 11 is 4.15. The number of ether oxygens (including phenoxy) is 1. The van der Waals surface area contributed by atoms with Crippen LogP contribution in [-0.4, -0.2) is 28.1 Å². The summed E-state index contributed by atoms with van der Waals surface area (Å²) in [7, 11) is 1.34. The quantitative estimate of drug-likeness (QED) is 0.377. The standard InChI is InChI=1S/C18H13BrN2O5S/c1-26-15-7-4-12(8-14(15)21(24)25)9-16-17(22)20(18(23)27-16)10-11-2-5-13(19)6-3-11/h2-9H,10H2,1H3/b16-9+. The largest absolute Gasteiger partial charge is 0.490 e. The van der Waals surface area contributed by atoms with Crippen molar-refractivity contribution in [3.63, 3.8) is 0 Å². The minimum atomic E-state index is -0.560. The van der Waals surface area contributed by atoms with Crippen molar-refractivity contribution in [2.24, 2.45) is 0 Å². The zero-order valence-electron chi connectivity index (χ0n) is 14.0. The van der Waals surface area contributed by atoms with Gasteiger partial charge in [0.2, 0.25) is 0 Å². The number of imide groups is 1. The lowest BCUT2D eigenvalue weighted by Crippen LogP contribution is -2.27. The fourth-order valence-electron chi connectivity index (χ4n) is 2.50. The number of hydrogen-bond donors (Lipinski definition) is 0. The molecule has 1 heterocycles. The van der Waals surface area contributed by atoms with Crippen molar-refractivity contribution in [2.75, 3.05) is 7.11 Å². The maximum Gasteiger partial charge on any atom is 0.311 e. The predicted molar refractivity (Wildman–Crippen MR) is 105 cm³/mol. The molecule has 2 aromatic rings. The molecule has 138 valence electrons. The molecule has 1 fully saturated rings. The van der Waals surface area contributed by atoms with Gasteiger partial charge in [0.25, 0.3) is 11.1 Å². The Balaban J connectivity index is 1.84. The first kappa shape index (κ1) is 19.1. The molecule has 0 unspecified atom stereocenters. The second-order valence-electron chi connectivity index (χ2n) is 5.58. The number of nitrogens with zero attached hydrogens (tertiary/aromatic N) is 2. The highest BCUT2D eigenvalue weighted by atomic mass is 79.9. The Morgan fingerprint density at radius 3 is 2.56 bits per heavy atom. The van der Waals surface area contributed by atoms with Gasteiger partial charge in [-0.2, -0.15) is 0 Å². The Bertz CT molecular complexity index is 959. The van der Waals surface area contributed by atoms with Crippen LogP contribution in [0.15, 0.2) is 51.8 Å². The summed E-state index contributed by atoms with van der Waals surface area (Å²) in [4.78, 5) is 36.7. The maximum absolute atomic E-state index is 12.6. The van der Waals surface area contributed by atoms with E-state index in [1.807, 2.05) is 24.3 Å². The molecule has 0 aromatic heterocycles. The molecule has 1 saturated heterocycles. The van der Waals surface area contributed by atoms with Crippen LogP contribution in [0, 0.1) is 10.1 Å². The fourth-order valence-corrected chi connectivity index (χ4v) is 3.60. The third-order valence-corrected chi connectivity index (χ3v) is 5.26. The number of nitro groups is 1. The van der Waals surface area contributed by atoms with Crippen LogP contribution in [-0.2, 0) is 11.3 Å². The number of rotatable bonds is 5. The molecule has 2 aromatic carbocycles. The number of carbonyl (C=O) groups is 2. The molecule has 0 radical (unpaired) electrons. The van der Waals surface area contributed by atoms with Crippen LogP contribution in [0.25, 0.3) is 6.08 Å². The van der Waals surface area contributed by atoms with Crippen LogP contribution in [0.4, 0.5) is 10.5 Å². The van der Waals surface area contributed by atoms with Crippen LogP contribution in [0.1, 0.15) is 11.1 Å². The zero-order chi connectivity index (χ0) is 19.6. The molecular weight excluding hydrogens is 436 g/mol. The summed E-state index contributed by atoms with van der Waals surface area (Å²) in [6.45, 7) is 0.165. The number of nitro benzene ring substituents is 1. The summed E-state index contributed by atoms with van der Waals surface area (Å²) in [5, 5.41) is 10.8. The van der Waals surface area contributed by atoms with Crippen molar-refractivity contribution >= 4 is 50.6 Å².